The number of nitrogens with zero attached hydrogens (tertiary/aromatic N) is 5. The number of piperidine rings is 1. The molecule has 2 fully saturated rings. The number of para-hydroxylation sites is 1. The van der Waals surface area contributed by atoms with E-state index in [0.717, 1.165) is 50.9 Å². The van der Waals surface area contributed by atoms with Gasteiger partial charge in [-0.25, -0.2) is 0 Å². The lowest BCUT2D eigenvalue weighted by Gasteiger charge is -2.37. The van der Waals surface area contributed by atoms with Gasteiger partial charge in [0.1, 0.15) is 11.6 Å². The van der Waals surface area contributed by atoms with Gasteiger partial charge in [0.05, 0.1) is 0 Å². The third-order valence-electron chi connectivity index (χ3n) is 6.93. The number of piperazine rings is 1. The second-order valence-corrected chi connectivity index (χ2v) is 10.1. The van der Waals surface area contributed by atoms with Gasteiger partial charge in [-0.05, 0) is 48.7 Å². The Bertz CT molecular complexity index is 1130. The van der Waals surface area contributed by atoms with Gasteiger partial charge >= 0.3 is 0 Å². The molecule has 0 aliphatic carbocycles. The molecule has 0 spiro atoms. The topological polar surface area (TPSA) is 59.6 Å². The number of anilines is 4. The molecule has 0 radical (unpaired) electrons. The van der Waals surface area contributed by atoms with Crippen molar-refractivity contribution in [1.82, 2.24) is 15.3 Å². The molecule has 0 saturated carbocycles. The van der Waals surface area contributed by atoms with Crippen LogP contribution < -0.4 is 25.3 Å². The maximum absolute atomic E-state index is 5.59. The average Bonchev–Trinajstić information content (AvgIpc) is 2.93. The van der Waals surface area contributed by atoms with Gasteiger partial charge in [-0.1, -0.05) is 55.5 Å². The summed E-state index contributed by atoms with van der Waals surface area (Å²) in [5, 5.41) is 7.06. The predicted octanol–water partition coefficient (Wildman–Crippen LogP) is 4.53. The molecule has 8 heteroatoms. The Labute approximate surface area is 219 Å². The van der Waals surface area contributed by atoms with Crippen LogP contribution in [0.25, 0.3) is 0 Å². The quantitative estimate of drug-likeness (QED) is 0.478. The lowest BCUT2D eigenvalue weighted by molar-refractivity contribution is 0.444. The third kappa shape index (κ3) is 6.23. The number of hydrogen-bond acceptors (Lipinski definition) is 6. The van der Waals surface area contributed by atoms with Gasteiger partial charge < -0.3 is 25.3 Å². The lowest BCUT2D eigenvalue weighted by Crippen LogP contribution is -2.47. The van der Waals surface area contributed by atoms with Crippen molar-refractivity contribution in [2.75, 3.05) is 59.3 Å². The summed E-state index contributed by atoms with van der Waals surface area (Å²) in [6.07, 6.45) is 2.46. The smallest absolute Gasteiger partial charge is 0.232 e. The van der Waals surface area contributed by atoms with Gasteiger partial charge in [0.2, 0.25) is 5.95 Å². The fraction of sp³-hybridized carbons (Fsp3) is 0.393. The molecular formula is C28H35N7S. The van der Waals surface area contributed by atoms with Crippen LogP contribution >= 0.6 is 12.2 Å². The molecule has 3 aromatic rings. The summed E-state index contributed by atoms with van der Waals surface area (Å²) in [4.78, 5) is 17.0. The number of nitrogens with one attached hydrogen (secondary N) is 2. The molecule has 2 aliphatic heterocycles. The summed E-state index contributed by atoms with van der Waals surface area (Å²) in [7, 11) is 0. The fourth-order valence-corrected chi connectivity index (χ4v) is 5.12. The summed E-state index contributed by atoms with van der Waals surface area (Å²) in [5.74, 6) is 3.15. The van der Waals surface area contributed by atoms with E-state index in [2.05, 4.69) is 80.8 Å². The molecule has 3 heterocycles. The number of thiocarbonyl (C=S) groups is 1. The van der Waals surface area contributed by atoms with E-state index in [0.29, 0.717) is 23.5 Å². The molecule has 7 nitrogen and oxygen atoms in total. The molecule has 5 rings (SSSR count). The Morgan fingerprint density at radius 2 is 1.50 bits per heavy atom. The molecule has 2 N–H and O–H groups in total. The zero-order chi connectivity index (χ0) is 24.7. The van der Waals surface area contributed by atoms with E-state index in [1.165, 1.54) is 24.1 Å². The van der Waals surface area contributed by atoms with Crippen LogP contribution in [0.2, 0.25) is 0 Å². The monoisotopic (exact) mass is 501 g/mol. The Morgan fingerprint density at radius 1 is 0.861 bits per heavy atom. The largest absolute Gasteiger partial charge is 0.368 e. The van der Waals surface area contributed by atoms with Gasteiger partial charge in [0, 0.05) is 57.6 Å². The number of aromatic nitrogens is 2. The molecule has 36 heavy (non-hydrogen) atoms. The number of hydrogen-bond donors (Lipinski definition) is 2. The normalized spacial score (nSPS) is 18.1. The van der Waals surface area contributed by atoms with Crippen LogP contribution in [-0.2, 0) is 6.54 Å². The van der Waals surface area contributed by atoms with E-state index in [1.54, 1.807) is 0 Å². The fourth-order valence-electron chi connectivity index (χ4n) is 4.96. The third-order valence-corrected chi connectivity index (χ3v) is 7.17. The van der Waals surface area contributed by atoms with Crippen LogP contribution in [0.5, 0.6) is 0 Å². The molecule has 0 amide bonds. The Hall–Kier alpha value is -3.39. The summed E-state index contributed by atoms with van der Waals surface area (Å²) in [6, 6.07) is 23.0. The maximum Gasteiger partial charge on any atom is 0.232 e. The van der Waals surface area contributed by atoms with Crippen molar-refractivity contribution < 1.29 is 0 Å². The van der Waals surface area contributed by atoms with Gasteiger partial charge in [-0.15, -0.1) is 0 Å². The van der Waals surface area contributed by atoms with E-state index in [-0.39, 0.29) is 0 Å². The molecule has 0 unspecified atom stereocenters. The molecule has 1 atom stereocenters. The first-order chi connectivity index (χ1) is 17.6. The Balaban J connectivity index is 1.31. The summed E-state index contributed by atoms with van der Waals surface area (Å²) in [6.45, 7) is 8.78. The van der Waals surface area contributed by atoms with Crippen molar-refractivity contribution in [3.63, 3.8) is 0 Å². The van der Waals surface area contributed by atoms with Crippen molar-refractivity contribution in [3.05, 3.63) is 72.3 Å². The highest BCUT2D eigenvalue weighted by Gasteiger charge is 2.23. The minimum absolute atomic E-state index is 0.530. The number of benzene rings is 2. The van der Waals surface area contributed by atoms with Crippen LogP contribution in [0, 0.1) is 5.92 Å². The van der Waals surface area contributed by atoms with E-state index in [9.17, 15) is 0 Å². The molecule has 1 aromatic heterocycles. The van der Waals surface area contributed by atoms with Crippen LogP contribution in [0.4, 0.5) is 23.3 Å². The van der Waals surface area contributed by atoms with Gasteiger partial charge in [0.15, 0.2) is 5.11 Å². The van der Waals surface area contributed by atoms with Crippen molar-refractivity contribution in [3.8, 4) is 0 Å². The van der Waals surface area contributed by atoms with E-state index < -0.39 is 0 Å². The van der Waals surface area contributed by atoms with E-state index in [1.807, 2.05) is 18.2 Å². The maximum atomic E-state index is 5.59. The standard InChI is InChI=1S/C28H35N7S/c1-22-9-8-14-35(21-22)26-19-25(34-17-15-33(16-18-34)24-12-6-3-7-13-24)30-27(31-26)32-28(36)29-20-23-10-4-2-5-11-23/h2-7,10-13,19,22H,8-9,14-18,20-21H2,1H3,(H2,29,30,31,32,36)/t22-/m1/s1. The van der Waals surface area contributed by atoms with Crippen LogP contribution in [0.3, 0.4) is 0 Å². The Kier molecular flexibility index (Phi) is 7.81. The zero-order valence-corrected chi connectivity index (χ0v) is 21.8. The van der Waals surface area contributed by atoms with Gasteiger partial charge in [-0.3, -0.25) is 0 Å². The molecule has 2 aromatic carbocycles. The van der Waals surface area contributed by atoms with Crippen LogP contribution in [0.15, 0.2) is 66.7 Å². The van der Waals surface area contributed by atoms with Crippen molar-refractivity contribution in [1.29, 1.82) is 0 Å². The predicted molar refractivity (Wildman–Crippen MR) is 153 cm³/mol. The Morgan fingerprint density at radius 3 is 2.19 bits per heavy atom. The van der Waals surface area contributed by atoms with Crippen molar-refractivity contribution in [2.45, 2.75) is 26.3 Å². The second kappa shape index (κ2) is 11.6. The van der Waals surface area contributed by atoms with Gasteiger partial charge in [-0.2, -0.15) is 9.97 Å². The molecule has 2 aliphatic rings. The molecule has 188 valence electrons. The minimum atomic E-state index is 0.530. The molecular weight excluding hydrogens is 466 g/mol. The summed E-state index contributed by atoms with van der Waals surface area (Å²) < 4.78 is 0. The highest BCUT2D eigenvalue weighted by molar-refractivity contribution is 7.80. The molecule has 0 bridgehead atoms. The van der Waals surface area contributed by atoms with E-state index >= 15 is 0 Å². The average molecular weight is 502 g/mol. The SMILES string of the molecule is C[C@@H]1CCCN(c2cc(N3CCN(c4ccccc4)CC3)nc(NC(=S)NCc3ccccc3)n2)C1. The first-order valence-corrected chi connectivity index (χ1v) is 13.3. The van der Waals surface area contributed by atoms with E-state index in [4.69, 9.17) is 22.2 Å². The first kappa shape index (κ1) is 24.3. The number of rotatable bonds is 6. The summed E-state index contributed by atoms with van der Waals surface area (Å²) in [5.41, 5.74) is 2.45. The van der Waals surface area contributed by atoms with Gasteiger partial charge in [0.25, 0.3) is 0 Å². The van der Waals surface area contributed by atoms with Crippen molar-refractivity contribution in [2.24, 2.45) is 5.92 Å². The first-order valence-electron chi connectivity index (χ1n) is 12.9. The minimum Gasteiger partial charge on any atom is -0.368 e. The molecule has 2 saturated heterocycles. The van der Waals surface area contributed by atoms with Crippen molar-refractivity contribution >= 4 is 40.6 Å². The van der Waals surface area contributed by atoms with Crippen LogP contribution in [-0.4, -0.2) is 54.3 Å². The van der Waals surface area contributed by atoms with Crippen LogP contribution in [0.1, 0.15) is 25.3 Å². The highest BCUT2D eigenvalue weighted by Crippen LogP contribution is 2.27. The zero-order valence-electron chi connectivity index (χ0n) is 20.9. The summed E-state index contributed by atoms with van der Waals surface area (Å²) >= 11 is 5.59. The highest BCUT2D eigenvalue weighted by atomic mass is 32.1. The lowest BCUT2D eigenvalue weighted by atomic mass is 10.0. The second-order valence-electron chi connectivity index (χ2n) is 9.70.